The minimum absolute atomic E-state index is 0.103. The molecule has 1 heterocycles. The molecule has 2 aromatic rings. The first-order chi connectivity index (χ1) is 9.61. The van der Waals surface area contributed by atoms with E-state index in [1.807, 2.05) is 18.5 Å². The molecule has 6 heteroatoms. The van der Waals surface area contributed by atoms with Crippen molar-refractivity contribution in [2.24, 2.45) is 4.99 Å². The van der Waals surface area contributed by atoms with Crippen LogP contribution in [-0.2, 0) is 6.54 Å². The summed E-state index contributed by atoms with van der Waals surface area (Å²) in [6.45, 7) is 4.95. The second-order valence-corrected chi connectivity index (χ2v) is 5.45. The highest BCUT2D eigenvalue weighted by Gasteiger charge is 2.07. The Morgan fingerprint density at radius 2 is 2.25 bits per heavy atom. The van der Waals surface area contributed by atoms with Crippen molar-refractivity contribution in [1.29, 1.82) is 0 Å². The molecular weight excluding hydrogens is 274 g/mol. The Kier molecular flexibility index (Phi) is 4.68. The smallest absolute Gasteiger partial charge is 0.269 e. The van der Waals surface area contributed by atoms with Crippen molar-refractivity contribution in [3.05, 3.63) is 50.3 Å². The summed E-state index contributed by atoms with van der Waals surface area (Å²) in [6.07, 6.45) is 4.28. The Labute approximate surface area is 121 Å². The number of nitro benzene ring substituents is 1. The van der Waals surface area contributed by atoms with Gasteiger partial charge in [0.15, 0.2) is 4.80 Å². The molecule has 1 aromatic heterocycles. The topological polar surface area (TPSA) is 60.4 Å². The van der Waals surface area contributed by atoms with Crippen molar-refractivity contribution < 1.29 is 4.92 Å². The van der Waals surface area contributed by atoms with Crippen LogP contribution in [0.3, 0.4) is 0 Å². The summed E-state index contributed by atoms with van der Waals surface area (Å²) in [4.78, 5) is 15.9. The molecule has 0 aliphatic heterocycles. The summed E-state index contributed by atoms with van der Waals surface area (Å²) in [5, 5.41) is 12.7. The third-order valence-corrected chi connectivity index (χ3v) is 3.81. The minimum atomic E-state index is -0.386. The van der Waals surface area contributed by atoms with Crippen molar-refractivity contribution in [1.82, 2.24) is 4.57 Å². The van der Waals surface area contributed by atoms with Gasteiger partial charge in [-0.3, -0.25) is 10.1 Å². The second kappa shape index (κ2) is 6.47. The van der Waals surface area contributed by atoms with Crippen LogP contribution in [0, 0.1) is 17.0 Å². The molecule has 0 unspecified atom stereocenters. The van der Waals surface area contributed by atoms with Crippen LogP contribution in [0.5, 0.6) is 0 Å². The number of unbranched alkanes of at least 4 members (excludes halogenated alkanes) is 1. The maximum absolute atomic E-state index is 10.7. The molecule has 0 atom stereocenters. The Hall–Kier alpha value is -1.95. The Morgan fingerprint density at radius 1 is 1.45 bits per heavy atom. The SMILES string of the molecule is CCCCn1ccsc1=Nc1ccc([N+](=O)[O-])cc1C. The van der Waals surface area contributed by atoms with E-state index in [4.69, 9.17) is 0 Å². The summed E-state index contributed by atoms with van der Waals surface area (Å²) < 4.78 is 2.12. The maximum atomic E-state index is 10.7. The highest BCUT2D eigenvalue weighted by Crippen LogP contribution is 2.23. The van der Waals surface area contributed by atoms with Crippen molar-refractivity contribution in [3.63, 3.8) is 0 Å². The monoisotopic (exact) mass is 291 g/mol. The molecule has 0 aliphatic rings. The first-order valence-corrected chi connectivity index (χ1v) is 7.43. The van der Waals surface area contributed by atoms with Gasteiger partial charge in [-0.2, -0.15) is 0 Å². The van der Waals surface area contributed by atoms with Crippen LogP contribution >= 0.6 is 11.3 Å². The summed E-state index contributed by atoms with van der Waals surface area (Å²) >= 11 is 1.58. The van der Waals surface area contributed by atoms with Gasteiger partial charge >= 0.3 is 0 Å². The van der Waals surface area contributed by atoms with Crippen molar-refractivity contribution in [2.75, 3.05) is 0 Å². The van der Waals surface area contributed by atoms with Crippen LogP contribution in [0.1, 0.15) is 25.3 Å². The molecule has 2 rings (SSSR count). The molecule has 0 saturated carbocycles. The molecule has 106 valence electrons. The van der Waals surface area contributed by atoms with E-state index in [0.29, 0.717) is 0 Å². The summed E-state index contributed by atoms with van der Waals surface area (Å²) in [5.74, 6) is 0. The van der Waals surface area contributed by atoms with E-state index >= 15 is 0 Å². The van der Waals surface area contributed by atoms with Crippen LogP contribution < -0.4 is 4.80 Å². The number of hydrogen-bond acceptors (Lipinski definition) is 4. The van der Waals surface area contributed by atoms with E-state index < -0.39 is 0 Å². The zero-order chi connectivity index (χ0) is 14.5. The molecule has 5 nitrogen and oxygen atoms in total. The number of aryl methyl sites for hydroxylation is 2. The van der Waals surface area contributed by atoms with Gasteiger partial charge in [0.05, 0.1) is 10.6 Å². The van der Waals surface area contributed by atoms with Crippen LogP contribution in [0.25, 0.3) is 0 Å². The fourth-order valence-electron chi connectivity index (χ4n) is 1.87. The van der Waals surface area contributed by atoms with Gasteiger partial charge in [-0.05, 0) is 25.0 Å². The highest BCUT2D eigenvalue weighted by molar-refractivity contribution is 7.07. The van der Waals surface area contributed by atoms with Gasteiger partial charge in [0.2, 0.25) is 0 Å². The molecule has 0 bridgehead atoms. The summed E-state index contributed by atoms with van der Waals surface area (Å²) in [7, 11) is 0. The van der Waals surface area contributed by atoms with Gasteiger partial charge in [0.25, 0.3) is 5.69 Å². The number of thiazole rings is 1. The van der Waals surface area contributed by atoms with E-state index in [0.717, 1.165) is 35.4 Å². The lowest BCUT2D eigenvalue weighted by atomic mass is 10.2. The second-order valence-electron chi connectivity index (χ2n) is 4.57. The number of hydrogen-bond donors (Lipinski definition) is 0. The van der Waals surface area contributed by atoms with Gasteiger partial charge in [0.1, 0.15) is 0 Å². The van der Waals surface area contributed by atoms with Gasteiger partial charge < -0.3 is 4.57 Å². The van der Waals surface area contributed by atoms with Crippen LogP contribution in [0.15, 0.2) is 34.8 Å². The molecule has 1 aromatic carbocycles. The zero-order valence-electron chi connectivity index (χ0n) is 11.6. The molecule has 20 heavy (non-hydrogen) atoms. The van der Waals surface area contributed by atoms with E-state index in [1.165, 1.54) is 6.07 Å². The molecule has 0 saturated heterocycles. The quantitative estimate of drug-likeness (QED) is 0.621. The Balaban J connectivity index is 2.35. The lowest BCUT2D eigenvalue weighted by Crippen LogP contribution is -2.13. The van der Waals surface area contributed by atoms with E-state index in [2.05, 4.69) is 16.5 Å². The lowest BCUT2D eigenvalue weighted by Gasteiger charge is -2.02. The Bertz CT molecular complexity index is 673. The number of non-ortho nitro benzene ring substituents is 1. The van der Waals surface area contributed by atoms with Crippen LogP contribution in [-0.4, -0.2) is 9.49 Å². The number of nitrogens with zero attached hydrogens (tertiary/aromatic N) is 3. The molecule has 0 amide bonds. The number of rotatable bonds is 5. The fraction of sp³-hybridized carbons (Fsp3) is 0.357. The summed E-state index contributed by atoms with van der Waals surface area (Å²) in [5.41, 5.74) is 1.70. The average molecular weight is 291 g/mol. The average Bonchev–Trinajstić information content (AvgIpc) is 2.85. The van der Waals surface area contributed by atoms with E-state index in [-0.39, 0.29) is 10.6 Å². The van der Waals surface area contributed by atoms with Crippen molar-refractivity contribution >= 4 is 22.7 Å². The van der Waals surface area contributed by atoms with Gasteiger partial charge in [0, 0.05) is 30.3 Å². The molecule has 0 fully saturated rings. The number of aromatic nitrogens is 1. The largest absolute Gasteiger partial charge is 0.324 e. The van der Waals surface area contributed by atoms with Gasteiger partial charge in [-0.25, -0.2) is 4.99 Å². The van der Waals surface area contributed by atoms with Crippen molar-refractivity contribution in [2.45, 2.75) is 33.2 Å². The predicted molar refractivity (Wildman–Crippen MR) is 80.3 cm³/mol. The van der Waals surface area contributed by atoms with E-state index in [9.17, 15) is 10.1 Å². The number of nitro groups is 1. The third kappa shape index (κ3) is 3.33. The van der Waals surface area contributed by atoms with Crippen molar-refractivity contribution in [3.8, 4) is 0 Å². The van der Waals surface area contributed by atoms with Gasteiger partial charge in [-0.15, -0.1) is 11.3 Å². The molecular formula is C14H17N3O2S. The van der Waals surface area contributed by atoms with Crippen LogP contribution in [0.4, 0.5) is 11.4 Å². The predicted octanol–water partition coefficient (Wildman–Crippen LogP) is 3.80. The highest BCUT2D eigenvalue weighted by atomic mass is 32.1. The summed E-state index contributed by atoms with van der Waals surface area (Å²) in [6, 6.07) is 4.76. The molecule has 0 aliphatic carbocycles. The van der Waals surface area contributed by atoms with E-state index in [1.54, 1.807) is 23.5 Å². The third-order valence-electron chi connectivity index (χ3n) is 3.02. The first kappa shape index (κ1) is 14.5. The maximum Gasteiger partial charge on any atom is 0.269 e. The standard InChI is InChI=1S/C14H17N3O2S/c1-3-4-7-16-8-9-20-14(16)15-13-6-5-12(17(18)19)10-11(13)2/h5-6,8-10H,3-4,7H2,1-2H3. The van der Waals surface area contributed by atoms with Crippen LogP contribution in [0.2, 0.25) is 0 Å². The normalized spacial score (nSPS) is 11.8. The minimum Gasteiger partial charge on any atom is -0.324 e. The fourth-order valence-corrected chi connectivity index (χ4v) is 2.64. The molecule has 0 N–H and O–H groups in total. The number of benzene rings is 1. The zero-order valence-corrected chi connectivity index (χ0v) is 12.4. The molecule has 0 radical (unpaired) electrons. The lowest BCUT2D eigenvalue weighted by molar-refractivity contribution is -0.384. The molecule has 0 spiro atoms. The Morgan fingerprint density at radius 3 is 2.90 bits per heavy atom. The van der Waals surface area contributed by atoms with Gasteiger partial charge in [-0.1, -0.05) is 13.3 Å². The first-order valence-electron chi connectivity index (χ1n) is 6.55.